The summed E-state index contributed by atoms with van der Waals surface area (Å²) in [6.07, 6.45) is -3.82. The zero-order chi connectivity index (χ0) is 14.4. The number of nitrogens with zero attached hydrogens (tertiary/aromatic N) is 3. The monoisotopic (exact) mass is 277 g/mol. The van der Waals surface area contributed by atoms with E-state index in [-0.39, 0.29) is 11.6 Å². The zero-order valence-electron chi connectivity index (χ0n) is 10.0. The first-order valence-electron chi connectivity index (χ1n) is 5.40. The summed E-state index contributed by atoms with van der Waals surface area (Å²) >= 11 is 0. The van der Waals surface area contributed by atoms with E-state index in [0.29, 0.717) is 6.54 Å². The van der Waals surface area contributed by atoms with Crippen LogP contribution in [0.25, 0.3) is 0 Å². The zero-order valence-corrected chi connectivity index (χ0v) is 10.0. The van der Waals surface area contributed by atoms with E-state index in [9.17, 15) is 18.9 Å². The van der Waals surface area contributed by atoms with Crippen molar-refractivity contribution in [1.82, 2.24) is 9.97 Å². The van der Waals surface area contributed by atoms with Gasteiger partial charge in [0.05, 0.1) is 4.92 Å². The molecule has 1 aromatic heterocycles. The third kappa shape index (κ3) is 3.95. The maximum Gasteiger partial charge on any atom is 0.353 e. The molecule has 3 N–H and O–H groups in total. The number of aliphatic hydroxyl groups excluding tert-OH is 1. The Morgan fingerprint density at radius 2 is 2.00 bits per heavy atom. The van der Waals surface area contributed by atoms with Crippen molar-refractivity contribution < 1.29 is 18.8 Å². The molecule has 0 aliphatic rings. The van der Waals surface area contributed by atoms with Crippen LogP contribution in [-0.4, -0.2) is 45.6 Å². The fraction of sp³-hybridized carbons (Fsp3) is 0.556. The van der Waals surface area contributed by atoms with Crippen LogP contribution < -0.4 is 10.6 Å². The summed E-state index contributed by atoms with van der Waals surface area (Å²) in [6, 6.07) is 0. The van der Waals surface area contributed by atoms with Crippen LogP contribution >= 0.6 is 0 Å². The molecule has 0 aromatic carbocycles. The van der Waals surface area contributed by atoms with Crippen LogP contribution in [0.2, 0.25) is 0 Å². The van der Waals surface area contributed by atoms with E-state index in [0.717, 1.165) is 6.33 Å². The van der Waals surface area contributed by atoms with E-state index < -0.39 is 29.7 Å². The average Bonchev–Trinajstić information content (AvgIpc) is 2.35. The first-order valence-corrected chi connectivity index (χ1v) is 5.40. The van der Waals surface area contributed by atoms with Gasteiger partial charge in [-0.1, -0.05) is 0 Å². The third-order valence-electron chi connectivity index (χ3n) is 2.12. The third-order valence-corrected chi connectivity index (χ3v) is 2.12. The van der Waals surface area contributed by atoms with Gasteiger partial charge in [-0.3, -0.25) is 10.1 Å². The topological polar surface area (TPSA) is 113 Å². The van der Waals surface area contributed by atoms with Gasteiger partial charge in [0.2, 0.25) is 11.6 Å². The minimum atomic E-state index is -2.94. The summed E-state index contributed by atoms with van der Waals surface area (Å²) in [4.78, 5) is 17.5. The van der Waals surface area contributed by atoms with Crippen molar-refractivity contribution in [2.24, 2.45) is 0 Å². The Balaban J connectivity index is 2.93. The second-order valence-corrected chi connectivity index (χ2v) is 3.49. The fourth-order valence-corrected chi connectivity index (χ4v) is 1.27. The Kier molecular flexibility index (Phi) is 5.30. The summed E-state index contributed by atoms with van der Waals surface area (Å²) in [5.74, 6) is -0.243. The second kappa shape index (κ2) is 6.73. The van der Waals surface area contributed by atoms with E-state index >= 15 is 0 Å². The van der Waals surface area contributed by atoms with Crippen LogP contribution in [0.4, 0.5) is 26.1 Å². The lowest BCUT2D eigenvalue weighted by atomic mass is 10.3. The predicted molar refractivity (Wildman–Crippen MR) is 63.4 cm³/mol. The number of hydrogen-bond donors (Lipinski definition) is 3. The average molecular weight is 277 g/mol. The molecule has 1 rings (SSSR count). The molecular weight excluding hydrogens is 264 g/mol. The van der Waals surface area contributed by atoms with Crippen LogP contribution in [0.5, 0.6) is 0 Å². The molecule has 1 aromatic rings. The fourth-order valence-electron chi connectivity index (χ4n) is 1.27. The van der Waals surface area contributed by atoms with Crippen molar-refractivity contribution in [2.45, 2.75) is 19.5 Å². The van der Waals surface area contributed by atoms with E-state index in [4.69, 9.17) is 5.11 Å². The maximum absolute atomic E-state index is 12.1. The van der Waals surface area contributed by atoms with Crippen LogP contribution in [-0.2, 0) is 0 Å². The van der Waals surface area contributed by atoms with Crippen molar-refractivity contribution in [3.05, 3.63) is 16.4 Å². The summed E-state index contributed by atoms with van der Waals surface area (Å²) in [5.41, 5.74) is -0.453. The molecular formula is C9H13F2N5O3. The maximum atomic E-state index is 12.1. The molecule has 8 nitrogen and oxygen atoms in total. The lowest BCUT2D eigenvalue weighted by Gasteiger charge is -2.12. The van der Waals surface area contributed by atoms with E-state index in [2.05, 4.69) is 20.6 Å². The molecule has 1 atom stereocenters. The van der Waals surface area contributed by atoms with Crippen LogP contribution in [0.1, 0.15) is 6.92 Å². The van der Waals surface area contributed by atoms with Crippen molar-refractivity contribution >= 4 is 17.3 Å². The molecule has 0 amide bonds. The lowest BCUT2D eigenvalue weighted by molar-refractivity contribution is -0.383. The number of nitro groups is 1. The number of halogens is 2. The Morgan fingerprint density at radius 1 is 1.42 bits per heavy atom. The number of aromatic nitrogens is 2. The lowest BCUT2D eigenvalue weighted by Crippen LogP contribution is -2.27. The SMILES string of the molecule is CCNc1ncnc(NCC(O)C(F)F)c1[N+](=O)[O-]. The molecule has 0 fully saturated rings. The van der Waals surface area contributed by atoms with Gasteiger partial charge in [0, 0.05) is 13.1 Å². The molecule has 1 unspecified atom stereocenters. The van der Waals surface area contributed by atoms with E-state index in [1.54, 1.807) is 6.92 Å². The van der Waals surface area contributed by atoms with Crippen LogP contribution in [0.3, 0.4) is 0 Å². The molecule has 0 saturated carbocycles. The van der Waals surface area contributed by atoms with Gasteiger partial charge >= 0.3 is 5.69 Å². The predicted octanol–water partition coefficient (Wildman–Crippen LogP) is 0.854. The number of nitrogens with one attached hydrogen (secondary N) is 2. The van der Waals surface area contributed by atoms with Crippen LogP contribution in [0.15, 0.2) is 6.33 Å². The van der Waals surface area contributed by atoms with Gasteiger partial charge in [-0.2, -0.15) is 0 Å². The highest BCUT2D eigenvalue weighted by molar-refractivity contribution is 5.69. The number of aliphatic hydroxyl groups is 1. The van der Waals surface area contributed by atoms with Crippen LogP contribution in [0, 0.1) is 10.1 Å². The Bertz CT molecular complexity index is 446. The highest BCUT2D eigenvalue weighted by atomic mass is 19.3. The molecule has 19 heavy (non-hydrogen) atoms. The molecule has 0 radical (unpaired) electrons. The Labute approximate surface area is 107 Å². The van der Waals surface area contributed by atoms with E-state index in [1.807, 2.05) is 0 Å². The van der Waals surface area contributed by atoms with Gasteiger partial charge in [0.25, 0.3) is 6.43 Å². The highest BCUT2D eigenvalue weighted by Crippen LogP contribution is 2.28. The molecule has 0 aliphatic heterocycles. The molecule has 10 heteroatoms. The standard InChI is InChI=1S/C9H13F2N5O3/c1-2-12-8-6(16(18)19)9(15-4-14-8)13-3-5(17)7(10)11/h4-5,7,17H,2-3H2,1H3,(H2,12,13,14,15). The van der Waals surface area contributed by atoms with Gasteiger partial charge in [-0.05, 0) is 6.92 Å². The Morgan fingerprint density at radius 3 is 2.47 bits per heavy atom. The van der Waals surface area contributed by atoms with Crippen molar-refractivity contribution in [1.29, 1.82) is 0 Å². The molecule has 0 saturated heterocycles. The number of rotatable bonds is 7. The number of hydrogen-bond acceptors (Lipinski definition) is 7. The summed E-state index contributed by atoms with van der Waals surface area (Å²) in [5, 5.41) is 24.9. The van der Waals surface area contributed by atoms with Crippen molar-refractivity contribution in [3.63, 3.8) is 0 Å². The van der Waals surface area contributed by atoms with Gasteiger partial charge in [0.15, 0.2) is 0 Å². The Hall–Kier alpha value is -2.10. The van der Waals surface area contributed by atoms with Gasteiger partial charge < -0.3 is 15.7 Å². The molecule has 0 aliphatic carbocycles. The smallest absolute Gasteiger partial charge is 0.353 e. The first-order chi connectivity index (χ1) is 8.97. The van der Waals surface area contributed by atoms with E-state index in [1.165, 1.54) is 0 Å². The second-order valence-electron chi connectivity index (χ2n) is 3.49. The first kappa shape index (κ1) is 15.0. The number of anilines is 2. The van der Waals surface area contributed by atoms with Gasteiger partial charge in [-0.25, -0.2) is 18.7 Å². The van der Waals surface area contributed by atoms with Crippen molar-refractivity contribution in [2.75, 3.05) is 23.7 Å². The normalized spacial score (nSPS) is 12.3. The molecule has 106 valence electrons. The molecule has 1 heterocycles. The summed E-state index contributed by atoms with van der Waals surface area (Å²) < 4.78 is 24.2. The highest BCUT2D eigenvalue weighted by Gasteiger charge is 2.24. The summed E-state index contributed by atoms with van der Waals surface area (Å²) in [7, 11) is 0. The quantitative estimate of drug-likeness (QED) is 0.500. The minimum absolute atomic E-state index is 0.0171. The molecule has 0 bridgehead atoms. The minimum Gasteiger partial charge on any atom is -0.385 e. The largest absolute Gasteiger partial charge is 0.385 e. The number of alkyl halides is 2. The molecule has 0 spiro atoms. The van der Waals surface area contributed by atoms with Gasteiger partial charge in [-0.15, -0.1) is 0 Å². The van der Waals surface area contributed by atoms with Crippen molar-refractivity contribution in [3.8, 4) is 0 Å². The van der Waals surface area contributed by atoms with Gasteiger partial charge in [0.1, 0.15) is 12.4 Å². The summed E-state index contributed by atoms with van der Waals surface area (Å²) in [6.45, 7) is 1.57.